The number of benzene rings is 2. The van der Waals surface area contributed by atoms with Gasteiger partial charge < -0.3 is 4.74 Å². The van der Waals surface area contributed by atoms with Crippen LogP contribution in [0.2, 0.25) is 5.02 Å². The number of rotatable bonds is 3. The van der Waals surface area contributed by atoms with Crippen LogP contribution < -0.4 is 15.6 Å². The number of hydrogen-bond donors (Lipinski definition) is 1. The molecule has 2 aromatic carbocycles. The highest BCUT2D eigenvalue weighted by molar-refractivity contribution is 6.30. The van der Waals surface area contributed by atoms with E-state index in [0.717, 1.165) is 17.1 Å². The molecule has 0 bridgehead atoms. The van der Waals surface area contributed by atoms with Gasteiger partial charge >= 0.3 is 0 Å². The number of nitrogens with two attached hydrogens (primary N) is 1. The zero-order valence-electron chi connectivity index (χ0n) is 9.43. The highest BCUT2D eigenvalue weighted by Gasteiger charge is 2.04. The summed E-state index contributed by atoms with van der Waals surface area (Å²) in [6.45, 7) is 0. The Morgan fingerprint density at radius 1 is 0.941 bits per heavy atom. The minimum Gasteiger partial charge on any atom is -0.497 e. The van der Waals surface area contributed by atoms with Crippen LogP contribution in [0.5, 0.6) is 5.75 Å². The maximum absolute atomic E-state index is 6.01. The van der Waals surface area contributed by atoms with Gasteiger partial charge in [-0.1, -0.05) is 11.6 Å². The SMILES string of the molecule is COc1ccc(N(N)c2ccc(Cl)cc2)cc1. The van der Waals surface area contributed by atoms with E-state index in [1.54, 1.807) is 24.3 Å². The van der Waals surface area contributed by atoms with Crippen molar-refractivity contribution < 1.29 is 4.74 Å². The molecule has 88 valence electrons. The van der Waals surface area contributed by atoms with Gasteiger partial charge in [-0.2, -0.15) is 0 Å². The Bertz CT molecular complexity index is 482. The Hall–Kier alpha value is -1.71. The lowest BCUT2D eigenvalue weighted by Crippen LogP contribution is -2.24. The fourth-order valence-corrected chi connectivity index (χ4v) is 1.62. The molecule has 0 aliphatic carbocycles. The number of halogens is 1. The third-order valence-electron chi connectivity index (χ3n) is 2.46. The van der Waals surface area contributed by atoms with Crippen molar-refractivity contribution in [2.24, 2.45) is 5.84 Å². The fraction of sp³-hybridized carbons (Fsp3) is 0.0769. The molecular weight excluding hydrogens is 236 g/mol. The lowest BCUT2D eigenvalue weighted by molar-refractivity contribution is 0.415. The highest BCUT2D eigenvalue weighted by atomic mass is 35.5. The first-order chi connectivity index (χ1) is 8.20. The molecule has 0 unspecified atom stereocenters. The molecule has 0 aromatic heterocycles. The highest BCUT2D eigenvalue weighted by Crippen LogP contribution is 2.24. The molecular formula is C13H13ClN2O. The lowest BCUT2D eigenvalue weighted by atomic mass is 10.2. The van der Waals surface area contributed by atoms with Crippen molar-refractivity contribution in [2.75, 3.05) is 12.1 Å². The second kappa shape index (κ2) is 5.08. The Kier molecular flexibility index (Phi) is 3.52. The molecule has 17 heavy (non-hydrogen) atoms. The van der Waals surface area contributed by atoms with Crippen LogP contribution in [0.4, 0.5) is 11.4 Å². The Balaban J connectivity index is 2.23. The largest absolute Gasteiger partial charge is 0.497 e. The number of ether oxygens (including phenoxy) is 1. The normalized spacial score (nSPS) is 10.1. The van der Waals surface area contributed by atoms with Gasteiger partial charge in [-0.25, -0.2) is 5.84 Å². The minimum atomic E-state index is 0.692. The summed E-state index contributed by atoms with van der Waals surface area (Å²) in [5.74, 6) is 6.81. The second-order valence-corrected chi connectivity index (χ2v) is 3.98. The van der Waals surface area contributed by atoms with Gasteiger partial charge in [0.1, 0.15) is 5.75 Å². The molecule has 0 fully saturated rings. The van der Waals surface area contributed by atoms with E-state index in [-0.39, 0.29) is 0 Å². The standard InChI is InChI=1S/C13H13ClN2O/c1-17-13-8-6-12(7-9-13)16(15)11-4-2-10(14)3-5-11/h2-9H,15H2,1H3. The first-order valence-electron chi connectivity index (χ1n) is 5.15. The summed E-state index contributed by atoms with van der Waals surface area (Å²) in [7, 11) is 1.63. The minimum absolute atomic E-state index is 0.692. The van der Waals surface area contributed by atoms with Crippen molar-refractivity contribution >= 4 is 23.0 Å². The van der Waals surface area contributed by atoms with Crippen LogP contribution in [-0.2, 0) is 0 Å². The average Bonchev–Trinajstić information content (AvgIpc) is 2.39. The average molecular weight is 249 g/mol. The van der Waals surface area contributed by atoms with E-state index in [2.05, 4.69) is 0 Å². The quantitative estimate of drug-likeness (QED) is 0.669. The molecule has 0 atom stereocenters. The monoisotopic (exact) mass is 248 g/mol. The fourth-order valence-electron chi connectivity index (χ4n) is 1.49. The van der Waals surface area contributed by atoms with Crippen LogP contribution in [0.25, 0.3) is 0 Å². The van der Waals surface area contributed by atoms with Crippen LogP contribution in [-0.4, -0.2) is 7.11 Å². The van der Waals surface area contributed by atoms with E-state index in [9.17, 15) is 0 Å². The summed E-state index contributed by atoms with van der Waals surface area (Å²) in [5.41, 5.74) is 1.76. The van der Waals surface area contributed by atoms with Crippen molar-refractivity contribution in [2.45, 2.75) is 0 Å². The second-order valence-electron chi connectivity index (χ2n) is 3.54. The first-order valence-corrected chi connectivity index (χ1v) is 5.53. The van der Waals surface area contributed by atoms with Crippen LogP contribution >= 0.6 is 11.6 Å². The van der Waals surface area contributed by atoms with E-state index < -0.39 is 0 Å². The van der Waals surface area contributed by atoms with Crippen molar-refractivity contribution in [3.05, 3.63) is 53.6 Å². The Morgan fingerprint density at radius 3 is 1.88 bits per heavy atom. The van der Waals surface area contributed by atoms with Gasteiger partial charge in [0.25, 0.3) is 0 Å². The smallest absolute Gasteiger partial charge is 0.119 e. The van der Waals surface area contributed by atoms with Gasteiger partial charge in [0.05, 0.1) is 18.5 Å². The van der Waals surface area contributed by atoms with Gasteiger partial charge in [-0.3, -0.25) is 5.01 Å². The van der Waals surface area contributed by atoms with E-state index in [1.807, 2.05) is 36.4 Å². The van der Waals surface area contributed by atoms with Crippen molar-refractivity contribution in [1.82, 2.24) is 0 Å². The van der Waals surface area contributed by atoms with Crippen molar-refractivity contribution in [3.8, 4) is 5.75 Å². The van der Waals surface area contributed by atoms with Crippen molar-refractivity contribution in [1.29, 1.82) is 0 Å². The number of methoxy groups -OCH3 is 1. The van der Waals surface area contributed by atoms with Crippen LogP contribution in [0.15, 0.2) is 48.5 Å². The third-order valence-corrected chi connectivity index (χ3v) is 2.71. The molecule has 0 amide bonds. The molecule has 0 saturated heterocycles. The molecule has 2 N–H and O–H groups in total. The molecule has 2 rings (SSSR count). The first kappa shape index (κ1) is 11.8. The zero-order chi connectivity index (χ0) is 12.3. The number of hydrogen-bond acceptors (Lipinski definition) is 3. The molecule has 0 radical (unpaired) electrons. The van der Waals surface area contributed by atoms with E-state index >= 15 is 0 Å². The maximum Gasteiger partial charge on any atom is 0.119 e. The van der Waals surface area contributed by atoms with Gasteiger partial charge in [0.2, 0.25) is 0 Å². The predicted molar refractivity (Wildman–Crippen MR) is 70.8 cm³/mol. The summed E-state index contributed by atoms with van der Waals surface area (Å²) >= 11 is 5.83. The maximum atomic E-state index is 6.01. The third kappa shape index (κ3) is 2.70. The number of anilines is 2. The molecule has 0 spiro atoms. The predicted octanol–water partition coefficient (Wildman–Crippen LogP) is 3.36. The van der Waals surface area contributed by atoms with E-state index in [1.165, 1.54) is 0 Å². The number of nitrogens with zero attached hydrogens (tertiary/aromatic N) is 1. The lowest BCUT2D eigenvalue weighted by Gasteiger charge is -2.19. The Morgan fingerprint density at radius 2 is 1.41 bits per heavy atom. The molecule has 0 heterocycles. The van der Waals surface area contributed by atoms with E-state index in [0.29, 0.717) is 5.02 Å². The van der Waals surface area contributed by atoms with Crippen molar-refractivity contribution in [3.63, 3.8) is 0 Å². The summed E-state index contributed by atoms with van der Waals surface area (Å²) in [6, 6.07) is 14.9. The summed E-state index contributed by atoms with van der Waals surface area (Å²) in [6.07, 6.45) is 0. The molecule has 4 heteroatoms. The van der Waals surface area contributed by atoms with E-state index in [4.69, 9.17) is 22.2 Å². The molecule has 3 nitrogen and oxygen atoms in total. The summed E-state index contributed by atoms with van der Waals surface area (Å²) in [5, 5.41) is 2.28. The molecule has 0 aliphatic rings. The molecule has 0 saturated carbocycles. The van der Waals surface area contributed by atoms with Crippen LogP contribution in [0.1, 0.15) is 0 Å². The van der Waals surface area contributed by atoms with Gasteiger partial charge in [-0.15, -0.1) is 0 Å². The van der Waals surface area contributed by atoms with Gasteiger partial charge in [-0.05, 0) is 48.5 Å². The van der Waals surface area contributed by atoms with Gasteiger partial charge in [0, 0.05) is 5.02 Å². The molecule has 2 aromatic rings. The van der Waals surface area contributed by atoms with Crippen LogP contribution in [0, 0.1) is 0 Å². The topological polar surface area (TPSA) is 38.5 Å². The zero-order valence-corrected chi connectivity index (χ0v) is 10.2. The number of hydrazine groups is 1. The summed E-state index contributed by atoms with van der Waals surface area (Å²) in [4.78, 5) is 0. The molecule has 0 aliphatic heterocycles. The Labute approximate surface area is 105 Å². The summed E-state index contributed by atoms with van der Waals surface area (Å²) < 4.78 is 5.09. The van der Waals surface area contributed by atoms with Gasteiger partial charge in [0.15, 0.2) is 0 Å². The van der Waals surface area contributed by atoms with Crippen LogP contribution in [0.3, 0.4) is 0 Å².